The number of hydrogen-bond acceptors (Lipinski definition) is 5. The molecule has 1 rings (SSSR count). The van der Waals surface area contributed by atoms with E-state index in [1.807, 2.05) is 0 Å². The van der Waals surface area contributed by atoms with Crippen LogP contribution in [0.1, 0.15) is 19.3 Å². The molecule has 1 saturated heterocycles. The third kappa shape index (κ3) is 4.54. The Bertz CT molecular complexity index is 122. The van der Waals surface area contributed by atoms with Gasteiger partial charge in [-0.15, -0.1) is 0 Å². The van der Waals surface area contributed by atoms with E-state index >= 15 is 0 Å². The highest BCUT2D eigenvalue weighted by Crippen LogP contribution is 2.17. The number of aliphatic hydroxyl groups is 2. The van der Waals surface area contributed by atoms with Crippen molar-refractivity contribution in [2.75, 3.05) is 19.8 Å². The molecule has 1 unspecified atom stereocenters. The van der Waals surface area contributed by atoms with Gasteiger partial charge < -0.3 is 10.2 Å². The molecule has 1 atom stereocenters. The van der Waals surface area contributed by atoms with E-state index in [4.69, 9.17) is 5.11 Å². The molecular weight excluding hydrogens is 176 g/mol. The second-order valence-electron chi connectivity index (χ2n) is 3.23. The summed E-state index contributed by atoms with van der Waals surface area (Å²) in [5.74, 6) is 0.325. The fraction of sp³-hybridized carbons (Fsp3) is 1.00. The van der Waals surface area contributed by atoms with E-state index in [0.29, 0.717) is 25.6 Å². The van der Waals surface area contributed by atoms with Crippen molar-refractivity contribution in [1.82, 2.24) is 0 Å². The number of hydrogen-bond donors (Lipinski definition) is 2. The van der Waals surface area contributed by atoms with Crippen molar-refractivity contribution < 1.29 is 25.0 Å². The highest BCUT2D eigenvalue weighted by atomic mass is 17.5. The minimum atomic E-state index is -0.634. The van der Waals surface area contributed by atoms with Crippen molar-refractivity contribution in [2.45, 2.75) is 25.4 Å². The molecule has 5 nitrogen and oxygen atoms in total. The first kappa shape index (κ1) is 10.9. The fourth-order valence-electron chi connectivity index (χ4n) is 1.37. The van der Waals surface area contributed by atoms with Crippen LogP contribution >= 0.6 is 0 Å². The third-order valence-electron chi connectivity index (χ3n) is 2.13. The maximum Gasteiger partial charge on any atom is 0.0856 e. The smallest absolute Gasteiger partial charge is 0.0856 e. The lowest BCUT2D eigenvalue weighted by atomic mass is 9.95. The van der Waals surface area contributed by atoms with Crippen molar-refractivity contribution in [3.05, 3.63) is 0 Å². The number of rotatable bonds is 3. The van der Waals surface area contributed by atoms with Crippen molar-refractivity contribution in [1.29, 1.82) is 0 Å². The van der Waals surface area contributed by atoms with E-state index < -0.39 is 6.10 Å². The SMILES string of the molecule is OCC(O)CC1CCOOOCC1. The lowest BCUT2D eigenvalue weighted by Crippen LogP contribution is -2.21. The Labute approximate surface area is 77.1 Å². The molecule has 5 heteroatoms. The second kappa shape index (κ2) is 6.28. The van der Waals surface area contributed by atoms with Gasteiger partial charge in [-0.1, -0.05) is 5.04 Å². The Kier molecular flexibility index (Phi) is 5.26. The molecule has 13 heavy (non-hydrogen) atoms. The van der Waals surface area contributed by atoms with Gasteiger partial charge in [0.2, 0.25) is 0 Å². The standard InChI is InChI=1S/C8H16O5/c9-6-8(10)5-7-1-3-11-13-12-4-2-7/h7-10H,1-6H2. The Morgan fingerprint density at radius 2 is 1.85 bits per heavy atom. The zero-order valence-electron chi connectivity index (χ0n) is 7.52. The molecule has 2 N–H and O–H groups in total. The van der Waals surface area contributed by atoms with E-state index in [0.717, 1.165) is 12.8 Å². The molecule has 0 spiro atoms. The zero-order chi connectivity index (χ0) is 9.52. The molecule has 0 aromatic carbocycles. The van der Waals surface area contributed by atoms with Gasteiger partial charge in [-0.3, -0.25) is 0 Å². The summed E-state index contributed by atoms with van der Waals surface area (Å²) in [6, 6.07) is 0. The van der Waals surface area contributed by atoms with Crippen LogP contribution in [0.3, 0.4) is 0 Å². The highest BCUT2D eigenvalue weighted by Gasteiger charge is 2.16. The van der Waals surface area contributed by atoms with Gasteiger partial charge >= 0.3 is 0 Å². The van der Waals surface area contributed by atoms with Crippen LogP contribution in [0, 0.1) is 5.92 Å². The number of aliphatic hydroxyl groups excluding tert-OH is 2. The van der Waals surface area contributed by atoms with Gasteiger partial charge in [-0.25, -0.2) is 9.78 Å². The van der Waals surface area contributed by atoms with Crippen molar-refractivity contribution in [2.24, 2.45) is 5.92 Å². The van der Waals surface area contributed by atoms with Crippen LogP contribution in [0.15, 0.2) is 0 Å². The monoisotopic (exact) mass is 192 g/mol. The molecule has 0 saturated carbocycles. The topological polar surface area (TPSA) is 68.2 Å². The fourth-order valence-corrected chi connectivity index (χ4v) is 1.37. The van der Waals surface area contributed by atoms with E-state index in [9.17, 15) is 5.11 Å². The predicted octanol–water partition coefficient (Wildman–Crippen LogP) is 0.0195. The quantitative estimate of drug-likeness (QED) is 0.617. The lowest BCUT2D eigenvalue weighted by Gasteiger charge is -2.20. The van der Waals surface area contributed by atoms with Gasteiger partial charge in [0, 0.05) is 0 Å². The van der Waals surface area contributed by atoms with E-state index in [1.165, 1.54) is 0 Å². The molecule has 1 aliphatic rings. The molecule has 0 amide bonds. The van der Waals surface area contributed by atoms with E-state index in [-0.39, 0.29) is 6.61 Å². The maximum atomic E-state index is 9.21. The van der Waals surface area contributed by atoms with Gasteiger partial charge in [0.05, 0.1) is 25.9 Å². The summed E-state index contributed by atoms with van der Waals surface area (Å²) in [6.45, 7) is 0.736. The van der Waals surface area contributed by atoms with Gasteiger partial charge in [0.1, 0.15) is 0 Å². The van der Waals surface area contributed by atoms with E-state index in [2.05, 4.69) is 14.8 Å². The Balaban J connectivity index is 2.21. The molecule has 1 fully saturated rings. The molecule has 78 valence electrons. The molecule has 0 aromatic heterocycles. The van der Waals surface area contributed by atoms with E-state index in [1.54, 1.807) is 0 Å². The van der Waals surface area contributed by atoms with Crippen LogP contribution in [0.5, 0.6) is 0 Å². The van der Waals surface area contributed by atoms with Gasteiger partial charge in [-0.05, 0) is 25.2 Å². The van der Waals surface area contributed by atoms with Gasteiger partial charge in [0.25, 0.3) is 0 Å². The van der Waals surface area contributed by atoms with Crippen LogP contribution in [0.2, 0.25) is 0 Å². The second-order valence-corrected chi connectivity index (χ2v) is 3.23. The minimum Gasteiger partial charge on any atom is -0.394 e. The molecule has 1 heterocycles. The molecule has 1 aliphatic heterocycles. The van der Waals surface area contributed by atoms with Crippen LogP contribution in [0.4, 0.5) is 0 Å². The summed E-state index contributed by atoms with van der Waals surface area (Å²) in [5, 5.41) is 22.2. The summed E-state index contributed by atoms with van der Waals surface area (Å²) >= 11 is 0. The zero-order valence-corrected chi connectivity index (χ0v) is 7.52. The van der Waals surface area contributed by atoms with Crippen molar-refractivity contribution in [3.63, 3.8) is 0 Å². The molecule has 0 bridgehead atoms. The lowest BCUT2D eigenvalue weighted by molar-refractivity contribution is -0.517. The van der Waals surface area contributed by atoms with Crippen LogP contribution in [-0.2, 0) is 14.8 Å². The largest absolute Gasteiger partial charge is 0.394 e. The summed E-state index contributed by atoms with van der Waals surface area (Å²) in [4.78, 5) is 9.31. The van der Waals surface area contributed by atoms with Crippen molar-refractivity contribution in [3.8, 4) is 0 Å². The minimum absolute atomic E-state index is 0.186. The third-order valence-corrected chi connectivity index (χ3v) is 2.13. The summed E-state index contributed by atoms with van der Waals surface area (Å²) in [6.07, 6.45) is 1.59. The average Bonchev–Trinajstić information content (AvgIpc) is 2.09. The van der Waals surface area contributed by atoms with Crippen LogP contribution in [-0.4, -0.2) is 36.1 Å². The molecule has 0 aromatic rings. The van der Waals surface area contributed by atoms with Gasteiger partial charge in [0.15, 0.2) is 0 Å². The van der Waals surface area contributed by atoms with Crippen LogP contribution < -0.4 is 0 Å². The predicted molar refractivity (Wildman–Crippen MR) is 43.4 cm³/mol. The van der Waals surface area contributed by atoms with Crippen molar-refractivity contribution >= 4 is 0 Å². The van der Waals surface area contributed by atoms with Gasteiger partial charge in [-0.2, -0.15) is 0 Å². The highest BCUT2D eigenvalue weighted by molar-refractivity contribution is 4.64. The first-order valence-corrected chi connectivity index (χ1v) is 4.53. The summed E-state index contributed by atoms with van der Waals surface area (Å²) in [7, 11) is 0. The normalized spacial score (nSPS) is 23.5. The summed E-state index contributed by atoms with van der Waals surface area (Å²) < 4.78 is 0. The first-order valence-electron chi connectivity index (χ1n) is 4.53. The summed E-state index contributed by atoms with van der Waals surface area (Å²) in [5.41, 5.74) is 0. The Morgan fingerprint density at radius 3 is 2.38 bits per heavy atom. The molecule has 0 radical (unpaired) electrons. The average molecular weight is 192 g/mol. The molecular formula is C8H16O5. The first-order chi connectivity index (χ1) is 6.33. The Morgan fingerprint density at radius 1 is 1.23 bits per heavy atom. The maximum absolute atomic E-state index is 9.21. The molecule has 0 aliphatic carbocycles. The Hall–Kier alpha value is -0.200. The van der Waals surface area contributed by atoms with Crippen LogP contribution in [0.25, 0.3) is 0 Å².